The molecule has 0 bridgehead atoms. The molecule has 0 heterocycles. The van der Waals surface area contributed by atoms with Crippen molar-refractivity contribution in [3.05, 3.63) is 89.5 Å². The Bertz CT molecular complexity index is 983. The van der Waals surface area contributed by atoms with Gasteiger partial charge in [-0.1, -0.05) is 36.4 Å². The molecular weight excluding hydrogens is 392 g/mol. The van der Waals surface area contributed by atoms with E-state index in [4.69, 9.17) is 9.47 Å². The van der Waals surface area contributed by atoms with Crippen molar-refractivity contribution in [2.75, 3.05) is 26.1 Å². The van der Waals surface area contributed by atoms with Crippen LogP contribution in [-0.2, 0) is 4.79 Å². The highest BCUT2D eigenvalue weighted by molar-refractivity contribution is 6.00. The van der Waals surface area contributed by atoms with Crippen LogP contribution in [0.15, 0.2) is 72.8 Å². The maximum atomic E-state index is 12.8. The SMILES string of the molecule is COc1ccc(C(NC(=O)CNc2ccccc2C(C)=O)c2ccc(OC)cc2)cc1. The Kier molecular flexibility index (Phi) is 7.27. The molecule has 0 atom stereocenters. The summed E-state index contributed by atoms with van der Waals surface area (Å²) in [6, 6.07) is 21.9. The van der Waals surface area contributed by atoms with Crippen LogP contribution in [0.5, 0.6) is 11.5 Å². The fourth-order valence-corrected chi connectivity index (χ4v) is 3.28. The number of nitrogens with one attached hydrogen (secondary N) is 2. The predicted octanol–water partition coefficient (Wildman–Crippen LogP) is 4.22. The molecule has 160 valence electrons. The number of ketones is 1. The molecule has 31 heavy (non-hydrogen) atoms. The number of benzene rings is 3. The molecular formula is C25H26N2O4. The molecule has 0 aromatic heterocycles. The number of rotatable bonds is 9. The van der Waals surface area contributed by atoms with Crippen molar-refractivity contribution in [3.8, 4) is 11.5 Å². The summed E-state index contributed by atoms with van der Waals surface area (Å²) in [5.74, 6) is 1.23. The normalized spacial score (nSPS) is 10.5. The highest BCUT2D eigenvalue weighted by Crippen LogP contribution is 2.26. The van der Waals surface area contributed by atoms with Crippen molar-refractivity contribution >= 4 is 17.4 Å². The van der Waals surface area contributed by atoms with Crippen LogP contribution >= 0.6 is 0 Å². The summed E-state index contributed by atoms with van der Waals surface area (Å²) in [6.45, 7) is 1.54. The number of Topliss-reactive ketones (excluding diaryl/α,β-unsaturated/α-hetero) is 1. The Hall–Kier alpha value is -3.80. The molecule has 0 aliphatic heterocycles. The molecule has 0 aliphatic rings. The van der Waals surface area contributed by atoms with Crippen LogP contribution in [0.25, 0.3) is 0 Å². The molecule has 0 saturated carbocycles. The van der Waals surface area contributed by atoms with Crippen molar-refractivity contribution in [2.45, 2.75) is 13.0 Å². The van der Waals surface area contributed by atoms with Gasteiger partial charge in [0.2, 0.25) is 5.91 Å². The zero-order valence-electron chi connectivity index (χ0n) is 17.8. The van der Waals surface area contributed by atoms with Crippen molar-refractivity contribution < 1.29 is 19.1 Å². The molecule has 0 fully saturated rings. The lowest BCUT2D eigenvalue weighted by atomic mass is 9.98. The summed E-state index contributed by atoms with van der Waals surface area (Å²) >= 11 is 0. The fraction of sp³-hybridized carbons (Fsp3) is 0.200. The van der Waals surface area contributed by atoms with E-state index in [1.165, 1.54) is 6.92 Å². The van der Waals surface area contributed by atoms with E-state index in [0.717, 1.165) is 22.6 Å². The second kappa shape index (κ2) is 10.3. The number of methoxy groups -OCH3 is 2. The Morgan fingerprint density at radius 2 is 1.32 bits per heavy atom. The summed E-state index contributed by atoms with van der Waals surface area (Å²) in [5.41, 5.74) is 3.03. The highest BCUT2D eigenvalue weighted by Gasteiger charge is 2.18. The Morgan fingerprint density at radius 3 is 1.81 bits per heavy atom. The van der Waals surface area contributed by atoms with Gasteiger partial charge in [0, 0.05) is 11.3 Å². The quantitative estimate of drug-likeness (QED) is 0.509. The third-order valence-corrected chi connectivity index (χ3v) is 4.95. The van der Waals surface area contributed by atoms with Crippen molar-refractivity contribution in [1.82, 2.24) is 5.32 Å². The van der Waals surface area contributed by atoms with Crippen LogP contribution in [0, 0.1) is 0 Å². The standard InChI is InChI=1S/C25H26N2O4/c1-17(28)22-6-4-5-7-23(22)26-16-24(29)27-25(18-8-12-20(30-2)13-9-18)19-10-14-21(31-3)15-11-19/h4-15,25-26H,16H2,1-3H3,(H,27,29). The van der Waals surface area contributed by atoms with Gasteiger partial charge in [-0.25, -0.2) is 0 Å². The zero-order valence-corrected chi connectivity index (χ0v) is 17.8. The first-order valence-corrected chi connectivity index (χ1v) is 9.93. The first-order chi connectivity index (χ1) is 15.0. The number of carbonyl (C=O) groups is 2. The van der Waals surface area contributed by atoms with E-state index in [9.17, 15) is 9.59 Å². The molecule has 0 radical (unpaired) electrons. The van der Waals surface area contributed by atoms with E-state index in [0.29, 0.717) is 11.3 Å². The second-order valence-corrected chi connectivity index (χ2v) is 7.00. The van der Waals surface area contributed by atoms with Crippen LogP contribution in [0.4, 0.5) is 5.69 Å². The minimum Gasteiger partial charge on any atom is -0.497 e. The summed E-state index contributed by atoms with van der Waals surface area (Å²) in [7, 11) is 3.23. The van der Waals surface area contributed by atoms with Crippen LogP contribution < -0.4 is 20.1 Å². The first-order valence-electron chi connectivity index (χ1n) is 9.93. The number of carbonyl (C=O) groups excluding carboxylic acids is 2. The largest absolute Gasteiger partial charge is 0.497 e. The van der Waals surface area contributed by atoms with Gasteiger partial charge in [-0.2, -0.15) is 0 Å². The van der Waals surface area contributed by atoms with E-state index in [1.807, 2.05) is 54.6 Å². The van der Waals surface area contributed by atoms with Crippen molar-refractivity contribution in [1.29, 1.82) is 0 Å². The molecule has 1 amide bonds. The number of amides is 1. The maximum Gasteiger partial charge on any atom is 0.240 e. The van der Waals surface area contributed by atoms with E-state index in [-0.39, 0.29) is 24.3 Å². The summed E-state index contributed by atoms with van der Waals surface area (Å²) in [6.07, 6.45) is 0. The summed E-state index contributed by atoms with van der Waals surface area (Å²) in [4.78, 5) is 24.6. The van der Waals surface area contributed by atoms with Crippen molar-refractivity contribution in [2.24, 2.45) is 0 Å². The Morgan fingerprint density at radius 1 is 0.806 bits per heavy atom. The van der Waals surface area contributed by atoms with Crippen LogP contribution in [-0.4, -0.2) is 32.5 Å². The lowest BCUT2D eigenvalue weighted by molar-refractivity contribution is -0.119. The van der Waals surface area contributed by atoms with E-state index >= 15 is 0 Å². The first kappa shape index (κ1) is 21.9. The average Bonchev–Trinajstić information content (AvgIpc) is 2.81. The smallest absolute Gasteiger partial charge is 0.240 e. The molecule has 3 rings (SSSR count). The second-order valence-electron chi connectivity index (χ2n) is 7.00. The van der Waals surface area contributed by atoms with Crippen molar-refractivity contribution in [3.63, 3.8) is 0 Å². The van der Waals surface area contributed by atoms with Gasteiger partial charge in [0.25, 0.3) is 0 Å². The van der Waals surface area contributed by atoms with Gasteiger partial charge in [0.05, 0.1) is 26.8 Å². The van der Waals surface area contributed by atoms with Crippen LogP contribution in [0.3, 0.4) is 0 Å². The maximum absolute atomic E-state index is 12.8. The molecule has 0 spiro atoms. The molecule has 0 saturated heterocycles. The average molecular weight is 418 g/mol. The number of anilines is 1. The minimum absolute atomic E-state index is 0.0348. The molecule has 6 heteroatoms. The monoisotopic (exact) mass is 418 g/mol. The third kappa shape index (κ3) is 5.63. The van der Waals surface area contributed by atoms with Gasteiger partial charge in [0.15, 0.2) is 5.78 Å². The molecule has 0 unspecified atom stereocenters. The summed E-state index contributed by atoms with van der Waals surface area (Å²) < 4.78 is 10.5. The van der Waals surface area contributed by atoms with E-state index < -0.39 is 0 Å². The minimum atomic E-state index is -0.353. The number of hydrogen-bond acceptors (Lipinski definition) is 5. The molecule has 3 aromatic carbocycles. The van der Waals surface area contributed by atoms with Gasteiger partial charge in [-0.15, -0.1) is 0 Å². The number of hydrogen-bond donors (Lipinski definition) is 2. The fourth-order valence-electron chi connectivity index (χ4n) is 3.28. The zero-order chi connectivity index (χ0) is 22.2. The third-order valence-electron chi connectivity index (χ3n) is 4.95. The van der Waals surface area contributed by atoms with Crippen LogP contribution in [0.2, 0.25) is 0 Å². The van der Waals surface area contributed by atoms with Gasteiger partial charge < -0.3 is 20.1 Å². The number of para-hydroxylation sites is 1. The van der Waals surface area contributed by atoms with E-state index in [1.54, 1.807) is 32.4 Å². The summed E-state index contributed by atoms with van der Waals surface area (Å²) in [5, 5.41) is 6.14. The highest BCUT2D eigenvalue weighted by atomic mass is 16.5. The van der Waals surface area contributed by atoms with Crippen LogP contribution in [0.1, 0.15) is 34.5 Å². The topological polar surface area (TPSA) is 76.7 Å². The van der Waals surface area contributed by atoms with E-state index in [2.05, 4.69) is 10.6 Å². The molecule has 3 aromatic rings. The molecule has 2 N–H and O–H groups in total. The number of ether oxygens (including phenoxy) is 2. The van der Waals surface area contributed by atoms with Gasteiger partial charge >= 0.3 is 0 Å². The lowest BCUT2D eigenvalue weighted by Gasteiger charge is -2.21. The Labute approximate surface area is 182 Å². The lowest BCUT2D eigenvalue weighted by Crippen LogP contribution is -2.34. The van der Waals surface area contributed by atoms with Gasteiger partial charge in [0.1, 0.15) is 11.5 Å². The van der Waals surface area contributed by atoms with Gasteiger partial charge in [-0.3, -0.25) is 9.59 Å². The predicted molar refractivity (Wildman–Crippen MR) is 121 cm³/mol. The van der Waals surface area contributed by atoms with Gasteiger partial charge in [-0.05, 0) is 54.4 Å². The molecule has 0 aliphatic carbocycles. The molecule has 6 nitrogen and oxygen atoms in total. The Balaban J connectivity index is 1.78.